The molecule has 33 heavy (non-hydrogen) atoms. The van der Waals surface area contributed by atoms with E-state index in [0.717, 1.165) is 18.4 Å². The highest BCUT2D eigenvalue weighted by Gasteiger charge is 2.52. The van der Waals surface area contributed by atoms with Crippen molar-refractivity contribution in [3.8, 4) is 0 Å². The maximum Gasteiger partial charge on any atom is 0.210 e. The van der Waals surface area contributed by atoms with E-state index in [1.807, 2.05) is 18.3 Å². The van der Waals surface area contributed by atoms with E-state index in [-0.39, 0.29) is 23.8 Å². The summed E-state index contributed by atoms with van der Waals surface area (Å²) in [4.78, 5) is 18.1. The number of carbonyl (C=O) groups is 1. The van der Waals surface area contributed by atoms with Crippen molar-refractivity contribution in [1.82, 2.24) is 14.6 Å². The van der Waals surface area contributed by atoms with Crippen LogP contribution in [0.2, 0.25) is 0 Å². The van der Waals surface area contributed by atoms with Crippen molar-refractivity contribution in [3.63, 3.8) is 0 Å². The minimum atomic E-state index is -0.931. The van der Waals surface area contributed by atoms with Crippen molar-refractivity contribution in [2.45, 2.75) is 44.5 Å². The van der Waals surface area contributed by atoms with Crippen LogP contribution in [-0.4, -0.2) is 45.5 Å². The van der Waals surface area contributed by atoms with Crippen LogP contribution in [0, 0.1) is 18.7 Å². The Morgan fingerprint density at radius 1 is 1.09 bits per heavy atom. The minimum Gasteiger partial charge on any atom is -0.478 e. The molecule has 3 aliphatic rings. The van der Waals surface area contributed by atoms with Crippen LogP contribution < -0.4 is 0 Å². The molecule has 2 fully saturated rings. The van der Waals surface area contributed by atoms with E-state index >= 15 is 0 Å². The van der Waals surface area contributed by atoms with Crippen LogP contribution in [0.5, 0.6) is 0 Å². The molecule has 0 bridgehead atoms. The number of halogens is 1. The molecule has 2 aliphatic heterocycles. The zero-order valence-corrected chi connectivity index (χ0v) is 18.3. The van der Waals surface area contributed by atoms with Crippen LogP contribution in [-0.2, 0) is 19.0 Å². The average Bonchev–Trinajstić information content (AvgIpc) is 3.57. The summed E-state index contributed by atoms with van der Waals surface area (Å²) in [6.07, 6.45) is 5.82. The number of pyridine rings is 1. The van der Waals surface area contributed by atoms with Gasteiger partial charge in [-0.25, -0.2) is 13.9 Å². The number of ketones is 1. The molecule has 8 heteroatoms. The van der Waals surface area contributed by atoms with Gasteiger partial charge in [-0.15, -0.1) is 0 Å². The van der Waals surface area contributed by atoms with E-state index in [1.54, 1.807) is 23.6 Å². The van der Waals surface area contributed by atoms with Crippen LogP contribution in [0.15, 0.2) is 42.9 Å². The Labute approximate surface area is 190 Å². The topological polar surface area (TPSA) is 75.0 Å². The Morgan fingerprint density at radius 3 is 2.61 bits per heavy atom. The molecular weight excluding hydrogens is 425 g/mol. The van der Waals surface area contributed by atoms with Gasteiger partial charge in [0.1, 0.15) is 17.9 Å². The van der Waals surface area contributed by atoms with Crippen molar-refractivity contribution in [2.75, 3.05) is 13.2 Å². The quantitative estimate of drug-likeness (QED) is 0.603. The van der Waals surface area contributed by atoms with Gasteiger partial charge >= 0.3 is 0 Å². The highest BCUT2D eigenvalue weighted by molar-refractivity contribution is 6.33. The number of fused-ring (bicyclic) bond motifs is 1. The van der Waals surface area contributed by atoms with E-state index in [4.69, 9.17) is 14.2 Å². The average molecular weight is 449 g/mol. The van der Waals surface area contributed by atoms with Crippen molar-refractivity contribution >= 4 is 22.8 Å². The fraction of sp³-hybridized carbons (Fsp3) is 0.400. The second kappa shape index (κ2) is 7.74. The van der Waals surface area contributed by atoms with Crippen LogP contribution in [0.25, 0.3) is 17.0 Å². The fourth-order valence-corrected chi connectivity index (χ4v) is 5.20. The highest BCUT2D eigenvalue weighted by Crippen LogP contribution is 2.49. The molecule has 0 atom stereocenters. The summed E-state index contributed by atoms with van der Waals surface area (Å²) >= 11 is 0. The van der Waals surface area contributed by atoms with Gasteiger partial charge < -0.3 is 14.2 Å². The van der Waals surface area contributed by atoms with E-state index in [2.05, 4.69) is 10.1 Å². The lowest BCUT2D eigenvalue weighted by Crippen LogP contribution is -2.43. The summed E-state index contributed by atoms with van der Waals surface area (Å²) in [6.45, 7) is 2.93. The van der Waals surface area contributed by atoms with E-state index < -0.39 is 5.60 Å². The fourth-order valence-electron chi connectivity index (χ4n) is 5.20. The van der Waals surface area contributed by atoms with Crippen molar-refractivity contribution < 1.29 is 23.4 Å². The van der Waals surface area contributed by atoms with Crippen molar-refractivity contribution in [2.24, 2.45) is 5.92 Å². The molecule has 1 aliphatic carbocycles. The highest BCUT2D eigenvalue weighted by atomic mass is 19.1. The van der Waals surface area contributed by atoms with E-state index in [1.165, 1.54) is 12.4 Å². The predicted octanol–water partition coefficient (Wildman–Crippen LogP) is 3.95. The molecule has 0 radical (unpaired) electrons. The van der Waals surface area contributed by atoms with Gasteiger partial charge in [0.2, 0.25) is 5.78 Å². The molecule has 0 N–H and O–H groups in total. The molecule has 0 amide bonds. The number of hydrogen-bond acceptors (Lipinski definition) is 6. The van der Waals surface area contributed by atoms with Crippen molar-refractivity contribution in [3.05, 3.63) is 65.4 Å². The molecule has 6 rings (SSSR count). The van der Waals surface area contributed by atoms with Crippen LogP contribution in [0.1, 0.15) is 42.4 Å². The third-order valence-electron chi connectivity index (χ3n) is 7.02. The summed E-state index contributed by atoms with van der Waals surface area (Å²) in [7, 11) is 0. The molecule has 1 aromatic carbocycles. The van der Waals surface area contributed by atoms with Gasteiger partial charge in [0, 0.05) is 17.7 Å². The monoisotopic (exact) mass is 449 g/mol. The molecule has 1 saturated heterocycles. The number of aromatic nitrogens is 3. The normalized spacial score (nSPS) is 26.0. The maximum absolute atomic E-state index is 14.0. The number of ether oxygens (including phenoxy) is 3. The molecule has 4 heterocycles. The summed E-state index contributed by atoms with van der Waals surface area (Å²) in [5.41, 5.74) is 2.14. The van der Waals surface area contributed by atoms with Gasteiger partial charge in [-0.1, -0.05) is 6.07 Å². The summed E-state index contributed by atoms with van der Waals surface area (Å²) < 4.78 is 33.6. The zero-order chi connectivity index (χ0) is 22.6. The Bertz CT molecular complexity index is 1270. The lowest BCUT2D eigenvalue weighted by Gasteiger charge is -2.37. The Hall–Kier alpha value is -3.10. The standard InChI is InChI=1S/C25H24FN3O4/c1-15-12-17(2-4-19(15)26)21-22(18-3-5-20-27-14-28-29(20)13-18)33-25(23(21)30)8-6-16(7-9-25)24-31-10-11-32-24/h2-5,12-14,16,24H,6-11H2,1H3. The number of Topliss-reactive ketones (excluding diaryl/α,β-unsaturated/α-hetero) is 1. The van der Waals surface area contributed by atoms with Crippen LogP contribution >= 0.6 is 0 Å². The first-order chi connectivity index (χ1) is 16.0. The number of carbonyl (C=O) groups excluding carboxylic acids is 1. The van der Waals surface area contributed by atoms with Gasteiger partial charge in [0.25, 0.3) is 0 Å². The Morgan fingerprint density at radius 2 is 1.85 bits per heavy atom. The number of benzene rings is 1. The maximum atomic E-state index is 14.0. The summed E-state index contributed by atoms with van der Waals surface area (Å²) in [5, 5.41) is 4.22. The van der Waals surface area contributed by atoms with E-state index in [0.29, 0.717) is 54.2 Å². The molecule has 170 valence electrons. The van der Waals surface area contributed by atoms with Gasteiger partial charge in [-0.3, -0.25) is 4.79 Å². The molecule has 1 spiro atoms. The third kappa shape index (κ3) is 3.36. The minimum absolute atomic E-state index is 0.0473. The lowest BCUT2D eigenvalue weighted by atomic mass is 9.75. The first-order valence-electron chi connectivity index (χ1n) is 11.3. The van der Waals surface area contributed by atoms with Crippen LogP contribution in [0.4, 0.5) is 4.39 Å². The first kappa shape index (κ1) is 20.5. The molecule has 0 unspecified atom stereocenters. The Balaban J connectivity index is 1.39. The largest absolute Gasteiger partial charge is 0.478 e. The zero-order valence-electron chi connectivity index (χ0n) is 18.3. The number of nitrogens with zero attached hydrogens (tertiary/aromatic N) is 3. The summed E-state index contributed by atoms with van der Waals surface area (Å²) in [6, 6.07) is 8.49. The molecule has 1 saturated carbocycles. The number of hydrogen-bond donors (Lipinski definition) is 0. The molecule has 2 aromatic heterocycles. The molecular formula is C25H24FN3O4. The second-order valence-corrected chi connectivity index (χ2v) is 9.02. The first-order valence-corrected chi connectivity index (χ1v) is 11.3. The van der Waals surface area contributed by atoms with Gasteiger partial charge in [0.05, 0.1) is 18.8 Å². The number of rotatable bonds is 3. The van der Waals surface area contributed by atoms with E-state index in [9.17, 15) is 9.18 Å². The van der Waals surface area contributed by atoms with Crippen LogP contribution in [0.3, 0.4) is 0 Å². The van der Waals surface area contributed by atoms with Gasteiger partial charge in [-0.05, 0) is 68.0 Å². The smallest absolute Gasteiger partial charge is 0.210 e. The predicted molar refractivity (Wildman–Crippen MR) is 117 cm³/mol. The lowest BCUT2D eigenvalue weighted by molar-refractivity contribution is -0.139. The number of aryl methyl sites for hydroxylation is 1. The second-order valence-electron chi connectivity index (χ2n) is 9.02. The molecule has 7 nitrogen and oxygen atoms in total. The summed E-state index contributed by atoms with van der Waals surface area (Å²) in [5.74, 6) is 0.411. The van der Waals surface area contributed by atoms with Gasteiger partial charge in [0.15, 0.2) is 17.5 Å². The Kier molecular flexibility index (Phi) is 4.81. The molecule has 3 aromatic rings. The van der Waals surface area contributed by atoms with Crippen molar-refractivity contribution in [1.29, 1.82) is 0 Å². The SMILES string of the molecule is Cc1cc(C2=C(c3ccc4ncnn4c3)OC3(CCC(C4OCCO4)CC3)C2=O)ccc1F. The third-order valence-corrected chi connectivity index (χ3v) is 7.02. The van der Waals surface area contributed by atoms with Gasteiger partial charge in [-0.2, -0.15) is 5.10 Å².